The van der Waals surface area contributed by atoms with E-state index in [0.29, 0.717) is 12.6 Å². The first kappa shape index (κ1) is 13.3. The second-order valence-electron chi connectivity index (χ2n) is 5.63. The summed E-state index contributed by atoms with van der Waals surface area (Å²) in [6, 6.07) is 8.95. The van der Waals surface area contributed by atoms with Crippen molar-refractivity contribution in [2.45, 2.75) is 33.0 Å². The molecule has 1 aromatic carbocycles. The molecule has 0 radical (unpaired) electrons. The highest BCUT2D eigenvalue weighted by Crippen LogP contribution is 2.34. The number of benzene rings is 1. The van der Waals surface area contributed by atoms with Crippen LogP contribution in [0.1, 0.15) is 34.1 Å². The first-order valence-corrected chi connectivity index (χ1v) is 7.12. The van der Waals surface area contributed by atoms with Gasteiger partial charge in [0.15, 0.2) is 0 Å². The molecule has 1 aliphatic heterocycles. The molecule has 0 aliphatic carbocycles. The van der Waals surface area contributed by atoms with Gasteiger partial charge in [-0.25, -0.2) is 0 Å². The fourth-order valence-electron chi connectivity index (χ4n) is 3.22. The fourth-order valence-corrected chi connectivity index (χ4v) is 3.22. The van der Waals surface area contributed by atoms with Gasteiger partial charge < -0.3 is 5.73 Å². The second-order valence-corrected chi connectivity index (χ2v) is 5.63. The lowest BCUT2D eigenvalue weighted by Crippen LogP contribution is -2.28. The first-order chi connectivity index (χ1) is 9.61. The molecule has 0 spiro atoms. The Balaban J connectivity index is 1.89. The smallest absolute Gasteiger partial charge is 0.0641 e. The van der Waals surface area contributed by atoms with Crippen LogP contribution >= 0.6 is 0 Å². The lowest BCUT2D eigenvalue weighted by atomic mass is 10.1. The molecular weight excluding hydrogens is 248 g/mol. The lowest BCUT2D eigenvalue weighted by molar-refractivity contribution is 0.210. The molecule has 0 amide bonds. The molecule has 2 heterocycles. The van der Waals surface area contributed by atoms with Crippen molar-refractivity contribution in [3.63, 3.8) is 0 Å². The van der Waals surface area contributed by atoms with Crippen LogP contribution in [0.2, 0.25) is 0 Å². The summed E-state index contributed by atoms with van der Waals surface area (Å²) in [7, 11) is 2.00. The number of nitrogens with two attached hydrogens (primary N) is 1. The van der Waals surface area contributed by atoms with Gasteiger partial charge >= 0.3 is 0 Å². The molecule has 1 unspecified atom stereocenters. The summed E-state index contributed by atoms with van der Waals surface area (Å²) in [4.78, 5) is 2.46. The quantitative estimate of drug-likeness (QED) is 0.928. The van der Waals surface area contributed by atoms with Gasteiger partial charge in [-0.3, -0.25) is 9.58 Å². The van der Waals surface area contributed by atoms with Crippen LogP contribution in [0.25, 0.3) is 0 Å². The van der Waals surface area contributed by atoms with Gasteiger partial charge in [0.1, 0.15) is 0 Å². The number of rotatable bonds is 3. The lowest BCUT2D eigenvalue weighted by Gasteiger charge is -2.24. The molecule has 3 rings (SSSR count). The van der Waals surface area contributed by atoms with E-state index in [-0.39, 0.29) is 0 Å². The van der Waals surface area contributed by atoms with Crippen LogP contribution in [0.15, 0.2) is 24.3 Å². The van der Waals surface area contributed by atoms with Crippen LogP contribution < -0.4 is 5.73 Å². The molecule has 4 nitrogen and oxygen atoms in total. The van der Waals surface area contributed by atoms with Crippen molar-refractivity contribution in [1.82, 2.24) is 14.7 Å². The van der Waals surface area contributed by atoms with Crippen LogP contribution in [0, 0.1) is 13.8 Å². The van der Waals surface area contributed by atoms with E-state index in [0.717, 1.165) is 18.8 Å². The third-order valence-corrected chi connectivity index (χ3v) is 4.47. The molecular formula is C16H22N4. The van der Waals surface area contributed by atoms with E-state index in [4.69, 9.17) is 5.73 Å². The highest BCUT2D eigenvalue weighted by Gasteiger charge is 2.29. The summed E-state index contributed by atoms with van der Waals surface area (Å²) >= 11 is 0. The fraction of sp³-hybridized carbons (Fsp3) is 0.438. The summed E-state index contributed by atoms with van der Waals surface area (Å²) in [5, 5.41) is 4.51. The number of hydrogen-bond donors (Lipinski definition) is 1. The molecule has 2 N–H and O–H groups in total. The van der Waals surface area contributed by atoms with Gasteiger partial charge in [0.25, 0.3) is 0 Å². The third kappa shape index (κ3) is 2.05. The number of hydrogen-bond acceptors (Lipinski definition) is 3. The van der Waals surface area contributed by atoms with Gasteiger partial charge in [-0.15, -0.1) is 0 Å². The average molecular weight is 270 g/mol. The number of aryl methyl sites for hydroxylation is 2. The molecule has 20 heavy (non-hydrogen) atoms. The molecule has 2 aromatic rings. The zero-order valence-electron chi connectivity index (χ0n) is 12.4. The largest absolute Gasteiger partial charge is 0.329 e. The summed E-state index contributed by atoms with van der Waals surface area (Å²) in [6.45, 7) is 6.78. The van der Waals surface area contributed by atoms with Crippen LogP contribution in [-0.4, -0.2) is 21.2 Å². The number of aromatic nitrogens is 2. The van der Waals surface area contributed by atoms with E-state index < -0.39 is 0 Å². The van der Waals surface area contributed by atoms with Crippen LogP contribution in [0.3, 0.4) is 0 Å². The topological polar surface area (TPSA) is 47.1 Å². The predicted octanol–water partition coefficient (Wildman–Crippen LogP) is 2.05. The van der Waals surface area contributed by atoms with E-state index in [1.807, 2.05) is 11.7 Å². The van der Waals surface area contributed by atoms with Crippen molar-refractivity contribution in [3.05, 3.63) is 52.3 Å². The number of nitrogens with zero attached hydrogens (tertiary/aromatic N) is 3. The van der Waals surface area contributed by atoms with Crippen LogP contribution in [0.4, 0.5) is 0 Å². The molecule has 106 valence electrons. The zero-order valence-corrected chi connectivity index (χ0v) is 12.4. The first-order valence-electron chi connectivity index (χ1n) is 7.12. The molecule has 0 bridgehead atoms. The standard InChI is InChI=1S/C16H22N4/c1-11-15(12(2)19(3)18-11)10-20-9-13-6-4-5-7-14(13)16(20)8-17/h4-7,16H,8-10,17H2,1-3H3. The maximum atomic E-state index is 6.01. The second kappa shape index (κ2) is 5.04. The summed E-state index contributed by atoms with van der Waals surface area (Å²) in [5.41, 5.74) is 12.5. The summed E-state index contributed by atoms with van der Waals surface area (Å²) < 4.78 is 1.96. The van der Waals surface area contributed by atoms with Gasteiger partial charge in [-0.05, 0) is 25.0 Å². The summed E-state index contributed by atoms with van der Waals surface area (Å²) in [5.74, 6) is 0. The van der Waals surface area contributed by atoms with Crippen molar-refractivity contribution < 1.29 is 0 Å². The third-order valence-electron chi connectivity index (χ3n) is 4.47. The minimum absolute atomic E-state index is 0.324. The molecule has 1 atom stereocenters. The summed E-state index contributed by atoms with van der Waals surface area (Å²) in [6.07, 6.45) is 0. The average Bonchev–Trinajstić information content (AvgIpc) is 2.91. The van der Waals surface area contributed by atoms with Crippen LogP contribution in [0.5, 0.6) is 0 Å². The van der Waals surface area contributed by atoms with E-state index in [9.17, 15) is 0 Å². The zero-order chi connectivity index (χ0) is 14.3. The Morgan fingerprint density at radius 2 is 2.05 bits per heavy atom. The van der Waals surface area contributed by atoms with E-state index in [1.54, 1.807) is 0 Å². The Morgan fingerprint density at radius 3 is 2.70 bits per heavy atom. The van der Waals surface area contributed by atoms with Gasteiger partial charge in [0.05, 0.1) is 5.69 Å². The van der Waals surface area contributed by atoms with Gasteiger partial charge in [-0.1, -0.05) is 24.3 Å². The highest BCUT2D eigenvalue weighted by molar-refractivity contribution is 5.35. The predicted molar refractivity (Wildman–Crippen MR) is 80.2 cm³/mol. The van der Waals surface area contributed by atoms with Crippen LogP contribution in [-0.2, 0) is 20.1 Å². The maximum absolute atomic E-state index is 6.01. The Bertz CT molecular complexity index is 629. The van der Waals surface area contributed by atoms with Crippen molar-refractivity contribution in [1.29, 1.82) is 0 Å². The van der Waals surface area contributed by atoms with Crippen molar-refractivity contribution in [2.24, 2.45) is 12.8 Å². The van der Waals surface area contributed by atoms with Crippen molar-refractivity contribution >= 4 is 0 Å². The Hall–Kier alpha value is -1.65. The van der Waals surface area contributed by atoms with Crippen molar-refractivity contribution in [3.8, 4) is 0 Å². The molecule has 0 saturated heterocycles. The monoisotopic (exact) mass is 270 g/mol. The Morgan fingerprint density at radius 1 is 1.30 bits per heavy atom. The van der Waals surface area contributed by atoms with Crippen molar-refractivity contribution in [2.75, 3.05) is 6.54 Å². The molecule has 1 aromatic heterocycles. The van der Waals surface area contributed by atoms with Gasteiger partial charge in [0, 0.05) is 44.0 Å². The van der Waals surface area contributed by atoms with Gasteiger partial charge in [-0.2, -0.15) is 5.10 Å². The minimum atomic E-state index is 0.324. The molecule has 0 saturated carbocycles. The van der Waals surface area contributed by atoms with E-state index in [1.165, 1.54) is 22.4 Å². The Labute approximate surface area is 120 Å². The number of fused-ring (bicyclic) bond motifs is 1. The van der Waals surface area contributed by atoms with E-state index >= 15 is 0 Å². The highest BCUT2D eigenvalue weighted by atomic mass is 15.3. The Kier molecular flexibility index (Phi) is 3.36. The molecule has 4 heteroatoms. The van der Waals surface area contributed by atoms with E-state index in [2.05, 4.69) is 48.1 Å². The molecule has 0 fully saturated rings. The minimum Gasteiger partial charge on any atom is -0.329 e. The SMILES string of the molecule is Cc1nn(C)c(C)c1CN1Cc2ccccc2C1CN. The molecule has 1 aliphatic rings. The maximum Gasteiger partial charge on any atom is 0.0641 e. The van der Waals surface area contributed by atoms with Gasteiger partial charge in [0.2, 0.25) is 0 Å². The normalized spacial score (nSPS) is 18.5.